The van der Waals surface area contributed by atoms with Gasteiger partial charge in [-0.3, -0.25) is 14.7 Å². The van der Waals surface area contributed by atoms with E-state index in [1.807, 2.05) is 6.07 Å². The Balaban J connectivity index is 1.91. The van der Waals surface area contributed by atoms with Crippen molar-refractivity contribution in [3.8, 4) is 0 Å². The average Bonchev–Trinajstić information content (AvgIpc) is 2.80. The fourth-order valence-corrected chi connectivity index (χ4v) is 4.03. The van der Waals surface area contributed by atoms with Crippen molar-refractivity contribution in [2.24, 2.45) is 10.9 Å². The third kappa shape index (κ3) is 3.43. The molecule has 0 N–H and O–H groups in total. The van der Waals surface area contributed by atoms with Gasteiger partial charge in [0.1, 0.15) is 5.00 Å². The minimum absolute atomic E-state index is 0.729. The molecule has 1 saturated heterocycles. The van der Waals surface area contributed by atoms with E-state index in [0.717, 1.165) is 32.9 Å². The Morgan fingerprint density at radius 1 is 1.61 bits per heavy atom. The number of carbonyl (C=O) groups is 1. The lowest BCUT2D eigenvalue weighted by atomic mass is 10.00. The zero-order valence-electron chi connectivity index (χ0n) is 10.6. The SMILES string of the molecule is C=Nc1sc(C=O)cc1SCN1CCC(C)CC1. The molecule has 0 unspecified atom stereocenters. The summed E-state index contributed by atoms with van der Waals surface area (Å²) in [6.07, 6.45) is 3.46. The number of hydrogen-bond donors (Lipinski definition) is 0. The van der Waals surface area contributed by atoms with Crippen LogP contribution in [0, 0.1) is 5.92 Å². The van der Waals surface area contributed by atoms with Gasteiger partial charge in [-0.15, -0.1) is 23.1 Å². The predicted octanol–water partition coefficient (Wildman–Crippen LogP) is 3.67. The van der Waals surface area contributed by atoms with Crippen molar-refractivity contribution in [1.29, 1.82) is 0 Å². The summed E-state index contributed by atoms with van der Waals surface area (Å²) in [5.41, 5.74) is 0. The lowest BCUT2D eigenvalue weighted by Crippen LogP contribution is -2.32. The first kappa shape index (κ1) is 13.8. The van der Waals surface area contributed by atoms with Gasteiger partial charge in [-0.05, 0) is 44.6 Å². The fraction of sp³-hybridized carbons (Fsp3) is 0.538. The van der Waals surface area contributed by atoms with E-state index in [1.54, 1.807) is 11.8 Å². The highest BCUT2D eigenvalue weighted by molar-refractivity contribution is 7.99. The summed E-state index contributed by atoms with van der Waals surface area (Å²) in [6, 6.07) is 1.92. The molecular weight excluding hydrogens is 264 g/mol. The summed E-state index contributed by atoms with van der Waals surface area (Å²) in [5, 5.41) is 0.868. The third-order valence-electron chi connectivity index (χ3n) is 3.24. The van der Waals surface area contributed by atoms with Gasteiger partial charge in [0.15, 0.2) is 6.29 Å². The van der Waals surface area contributed by atoms with Gasteiger partial charge in [0.25, 0.3) is 0 Å². The quantitative estimate of drug-likeness (QED) is 0.469. The Morgan fingerprint density at radius 3 is 2.94 bits per heavy atom. The number of aliphatic imine (C=N–C) groups is 1. The minimum Gasteiger partial charge on any atom is -0.297 e. The van der Waals surface area contributed by atoms with Gasteiger partial charge < -0.3 is 0 Å². The molecule has 0 aromatic carbocycles. The molecule has 0 radical (unpaired) electrons. The number of aldehydes is 1. The molecule has 1 aliphatic rings. The molecule has 2 heterocycles. The van der Waals surface area contributed by atoms with Crippen LogP contribution in [0.5, 0.6) is 0 Å². The highest BCUT2D eigenvalue weighted by Gasteiger charge is 2.16. The van der Waals surface area contributed by atoms with Crippen LogP contribution < -0.4 is 0 Å². The summed E-state index contributed by atoms with van der Waals surface area (Å²) in [7, 11) is 0. The standard InChI is InChI=1S/C13H18N2OS2/c1-10-3-5-15(6-4-10)9-17-12-7-11(8-16)18-13(12)14-2/h7-8,10H,2-6,9H2,1H3. The molecule has 0 saturated carbocycles. The summed E-state index contributed by atoms with van der Waals surface area (Å²) in [4.78, 5) is 19.0. The van der Waals surface area contributed by atoms with Crippen LogP contribution in [-0.2, 0) is 0 Å². The molecule has 0 amide bonds. The second kappa shape index (κ2) is 6.50. The number of rotatable bonds is 5. The Bertz CT molecular complexity index is 423. The molecule has 2 rings (SSSR count). The predicted molar refractivity (Wildman–Crippen MR) is 79.6 cm³/mol. The molecule has 1 fully saturated rings. The number of hydrogen-bond acceptors (Lipinski definition) is 5. The number of thiophene rings is 1. The first-order chi connectivity index (χ1) is 8.72. The van der Waals surface area contributed by atoms with Crippen molar-refractivity contribution >= 4 is 41.1 Å². The van der Waals surface area contributed by atoms with Gasteiger partial charge in [0.05, 0.1) is 4.88 Å². The second-order valence-corrected chi connectivity index (χ2v) is 6.72. The van der Waals surface area contributed by atoms with Crippen LogP contribution in [0.4, 0.5) is 5.00 Å². The van der Waals surface area contributed by atoms with E-state index in [2.05, 4.69) is 23.5 Å². The molecule has 98 valence electrons. The average molecular weight is 282 g/mol. The Hall–Kier alpha value is -0.650. The molecule has 0 aliphatic carbocycles. The van der Waals surface area contributed by atoms with Crippen molar-refractivity contribution < 1.29 is 4.79 Å². The molecule has 1 aliphatic heterocycles. The molecule has 3 nitrogen and oxygen atoms in total. The van der Waals surface area contributed by atoms with Gasteiger partial charge in [0.2, 0.25) is 0 Å². The third-order valence-corrected chi connectivity index (χ3v) is 5.48. The van der Waals surface area contributed by atoms with Crippen LogP contribution in [0.25, 0.3) is 0 Å². The first-order valence-electron chi connectivity index (χ1n) is 6.14. The normalized spacial score (nSPS) is 17.8. The molecule has 0 spiro atoms. The van der Waals surface area contributed by atoms with E-state index in [9.17, 15) is 4.79 Å². The van der Waals surface area contributed by atoms with Gasteiger partial charge in [-0.25, -0.2) is 0 Å². The zero-order valence-corrected chi connectivity index (χ0v) is 12.2. The van der Waals surface area contributed by atoms with Gasteiger partial charge in [0, 0.05) is 10.8 Å². The largest absolute Gasteiger partial charge is 0.297 e. The summed E-state index contributed by atoms with van der Waals surface area (Å²) < 4.78 is 0. The molecule has 0 atom stereocenters. The van der Waals surface area contributed by atoms with Crippen molar-refractivity contribution in [2.45, 2.75) is 24.7 Å². The lowest BCUT2D eigenvalue weighted by molar-refractivity contribution is 0.112. The van der Waals surface area contributed by atoms with Crippen LogP contribution in [0.2, 0.25) is 0 Å². The maximum atomic E-state index is 10.8. The zero-order chi connectivity index (χ0) is 13.0. The van der Waals surface area contributed by atoms with Crippen molar-refractivity contribution in [2.75, 3.05) is 19.0 Å². The van der Waals surface area contributed by atoms with Crippen LogP contribution in [0.3, 0.4) is 0 Å². The monoisotopic (exact) mass is 282 g/mol. The van der Waals surface area contributed by atoms with Crippen LogP contribution in [0.1, 0.15) is 29.4 Å². The first-order valence-corrected chi connectivity index (χ1v) is 7.94. The van der Waals surface area contributed by atoms with Crippen LogP contribution >= 0.6 is 23.1 Å². The van der Waals surface area contributed by atoms with Crippen molar-refractivity contribution in [3.63, 3.8) is 0 Å². The molecule has 5 heteroatoms. The number of thioether (sulfide) groups is 1. The van der Waals surface area contributed by atoms with Crippen LogP contribution in [-0.4, -0.2) is 36.9 Å². The maximum Gasteiger partial charge on any atom is 0.160 e. The summed E-state index contributed by atoms with van der Waals surface area (Å²) >= 11 is 3.17. The van der Waals surface area contributed by atoms with Crippen molar-refractivity contribution in [1.82, 2.24) is 4.90 Å². The van der Waals surface area contributed by atoms with E-state index in [-0.39, 0.29) is 0 Å². The van der Waals surface area contributed by atoms with Crippen LogP contribution in [0.15, 0.2) is 16.0 Å². The topological polar surface area (TPSA) is 32.7 Å². The minimum atomic E-state index is 0.729. The molecule has 0 bridgehead atoms. The van der Waals surface area contributed by atoms with Crippen molar-refractivity contribution in [3.05, 3.63) is 10.9 Å². The molecular formula is C13H18N2OS2. The smallest absolute Gasteiger partial charge is 0.160 e. The van der Waals surface area contributed by atoms with E-state index in [1.165, 1.54) is 37.3 Å². The Kier molecular flexibility index (Phi) is 4.97. The van der Waals surface area contributed by atoms with E-state index in [4.69, 9.17) is 0 Å². The highest BCUT2D eigenvalue weighted by atomic mass is 32.2. The maximum absolute atomic E-state index is 10.8. The van der Waals surface area contributed by atoms with E-state index < -0.39 is 0 Å². The van der Waals surface area contributed by atoms with Gasteiger partial charge >= 0.3 is 0 Å². The highest BCUT2D eigenvalue weighted by Crippen LogP contribution is 2.37. The second-order valence-electron chi connectivity index (χ2n) is 4.67. The summed E-state index contributed by atoms with van der Waals surface area (Å²) in [5.74, 6) is 1.84. The van der Waals surface area contributed by atoms with Gasteiger partial charge in [-0.2, -0.15) is 0 Å². The Labute approximate surface area is 116 Å². The number of piperidine rings is 1. The van der Waals surface area contributed by atoms with Gasteiger partial charge in [-0.1, -0.05) is 6.92 Å². The lowest BCUT2D eigenvalue weighted by Gasteiger charge is -2.29. The van der Waals surface area contributed by atoms with E-state index >= 15 is 0 Å². The summed E-state index contributed by atoms with van der Waals surface area (Å²) in [6.45, 7) is 8.23. The molecule has 1 aromatic heterocycles. The number of nitrogens with zero attached hydrogens (tertiary/aromatic N) is 2. The van der Waals surface area contributed by atoms with E-state index in [0.29, 0.717) is 0 Å². The number of carbonyl (C=O) groups excluding carboxylic acids is 1. The molecule has 18 heavy (non-hydrogen) atoms. The fourth-order valence-electron chi connectivity index (χ4n) is 2.01. The number of likely N-dealkylation sites (tertiary alicyclic amines) is 1. The molecule has 1 aromatic rings. The Morgan fingerprint density at radius 2 is 2.33 bits per heavy atom.